The van der Waals surface area contributed by atoms with Crippen molar-refractivity contribution in [1.29, 1.82) is 0 Å². The maximum atomic E-state index is 11.3. The number of pyridine rings is 1. The molecule has 0 spiro atoms. The van der Waals surface area contributed by atoms with Gasteiger partial charge in [0.05, 0.1) is 11.4 Å². The lowest BCUT2D eigenvalue weighted by molar-refractivity contribution is -0.125. The average Bonchev–Trinajstić information content (AvgIpc) is 2.63. The number of Topliss-reactive ketones (excluding diaryl/α,β-unsaturated/α-hetero) is 1. The van der Waals surface area contributed by atoms with E-state index in [9.17, 15) is 9.90 Å². The zero-order valence-corrected chi connectivity index (χ0v) is 14.1. The van der Waals surface area contributed by atoms with E-state index in [2.05, 4.69) is 4.98 Å². The Morgan fingerprint density at radius 3 is 2.16 bits per heavy atom. The lowest BCUT2D eigenvalue weighted by atomic mass is 10.1. The molecule has 1 aromatic heterocycles. The lowest BCUT2D eigenvalue weighted by Crippen LogP contribution is -2.09. The van der Waals surface area contributed by atoms with Crippen LogP contribution in [-0.4, -0.2) is 15.9 Å². The normalized spacial score (nSPS) is 11.8. The topological polar surface area (TPSA) is 59.4 Å². The van der Waals surface area contributed by atoms with Crippen LogP contribution in [0.1, 0.15) is 24.3 Å². The third kappa shape index (κ3) is 4.11. The summed E-state index contributed by atoms with van der Waals surface area (Å²) in [5, 5.41) is 9.86. The molecule has 0 bridgehead atoms. The predicted octanol–water partition coefficient (Wildman–Crippen LogP) is 4.47. The summed E-state index contributed by atoms with van der Waals surface area (Å²) in [6.07, 6.45) is -1.19. The highest BCUT2D eigenvalue weighted by Gasteiger charge is 2.14. The largest absolute Gasteiger partial charge is 0.457 e. The van der Waals surface area contributed by atoms with Crippen molar-refractivity contribution in [3.63, 3.8) is 0 Å². The minimum Gasteiger partial charge on any atom is -0.457 e. The number of aliphatic hydroxyl groups is 1. The van der Waals surface area contributed by atoms with Crippen LogP contribution >= 0.6 is 0 Å². The third-order valence-corrected chi connectivity index (χ3v) is 3.84. The zero-order chi connectivity index (χ0) is 17.8. The number of aliphatic hydroxyl groups excluding tert-OH is 1. The van der Waals surface area contributed by atoms with Gasteiger partial charge in [0, 0.05) is 5.56 Å². The molecule has 3 aromatic rings. The quantitative estimate of drug-likeness (QED) is 0.748. The standard InChI is InChI=1S/C21H19NO3/c1-14-6-10-17(11-7-14)25-18-12-8-16(9-13-18)19-4-3-5-20(22-19)21(24)15(2)23/h3-13,21,24H,1-2H3/t21-/m0/s1. The van der Waals surface area contributed by atoms with Crippen LogP contribution < -0.4 is 4.74 Å². The molecule has 0 fully saturated rings. The molecule has 4 heteroatoms. The van der Waals surface area contributed by atoms with Gasteiger partial charge in [-0.05, 0) is 62.4 Å². The molecule has 2 aromatic carbocycles. The van der Waals surface area contributed by atoms with Crippen LogP contribution in [0, 0.1) is 6.92 Å². The highest BCUT2D eigenvalue weighted by Crippen LogP contribution is 2.26. The summed E-state index contributed by atoms with van der Waals surface area (Å²) in [5.41, 5.74) is 3.11. The number of carbonyl (C=O) groups excluding carboxylic acids is 1. The summed E-state index contributed by atoms with van der Waals surface area (Å²) in [7, 11) is 0. The van der Waals surface area contributed by atoms with Gasteiger partial charge in [0.15, 0.2) is 11.9 Å². The molecule has 0 aliphatic carbocycles. The zero-order valence-electron chi connectivity index (χ0n) is 14.1. The Morgan fingerprint density at radius 2 is 1.56 bits per heavy atom. The number of hydrogen-bond donors (Lipinski definition) is 1. The van der Waals surface area contributed by atoms with Crippen molar-refractivity contribution in [2.45, 2.75) is 20.0 Å². The van der Waals surface area contributed by atoms with Gasteiger partial charge in [0.2, 0.25) is 0 Å². The molecule has 0 saturated heterocycles. The number of ether oxygens (including phenoxy) is 1. The van der Waals surface area contributed by atoms with Crippen LogP contribution in [0.2, 0.25) is 0 Å². The van der Waals surface area contributed by atoms with Crippen LogP contribution in [0.5, 0.6) is 11.5 Å². The van der Waals surface area contributed by atoms with Crippen molar-refractivity contribution >= 4 is 5.78 Å². The fraction of sp³-hybridized carbons (Fsp3) is 0.143. The van der Waals surface area contributed by atoms with E-state index < -0.39 is 6.10 Å². The van der Waals surface area contributed by atoms with Gasteiger partial charge in [-0.2, -0.15) is 0 Å². The molecule has 1 N–H and O–H groups in total. The molecular formula is C21H19NO3. The first-order chi connectivity index (χ1) is 12.0. The summed E-state index contributed by atoms with van der Waals surface area (Å²) in [6.45, 7) is 3.37. The van der Waals surface area contributed by atoms with E-state index in [1.165, 1.54) is 12.5 Å². The van der Waals surface area contributed by atoms with Gasteiger partial charge < -0.3 is 9.84 Å². The van der Waals surface area contributed by atoms with E-state index in [-0.39, 0.29) is 5.78 Å². The van der Waals surface area contributed by atoms with Crippen molar-refractivity contribution in [2.24, 2.45) is 0 Å². The predicted molar refractivity (Wildman–Crippen MR) is 96.6 cm³/mol. The number of carbonyl (C=O) groups is 1. The van der Waals surface area contributed by atoms with Crippen LogP contribution in [0.25, 0.3) is 11.3 Å². The highest BCUT2D eigenvalue weighted by atomic mass is 16.5. The van der Waals surface area contributed by atoms with Gasteiger partial charge >= 0.3 is 0 Å². The molecule has 1 heterocycles. The molecule has 0 aliphatic heterocycles. The molecule has 0 aliphatic rings. The van der Waals surface area contributed by atoms with Crippen LogP contribution in [0.3, 0.4) is 0 Å². The molecule has 3 rings (SSSR count). The Balaban J connectivity index is 1.79. The van der Waals surface area contributed by atoms with Crippen LogP contribution in [-0.2, 0) is 4.79 Å². The smallest absolute Gasteiger partial charge is 0.164 e. The van der Waals surface area contributed by atoms with Gasteiger partial charge in [-0.1, -0.05) is 23.8 Å². The van der Waals surface area contributed by atoms with Crippen molar-refractivity contribution in [3.8, 4) is 22.8 Å². The first-order valence-electron chi connectivity index (χ1n) is 8.03. The third-order valence-electron chi connectivity index (χ3n) is 3.84. The summed E-state index contributed by atoms with van der Waals surface area (Å²) in [6, 6.07) is 20.6. The molecule has 1 atom stereocenters. The molecule has 4 nitrogen and oxygen atoms in total. The summed E-state index contributed by atoms with van der Waals surface area (Å²) in [4.78, 5) is 15.7. The number of rotatable bonds is 5. The Bertz CT molecular complexity index is 870. The number of ketones is 1. The molecule has 0 amide bonds. The van der Waals surface area contributed by atoms with Gasteiger partial charge in [-0.25, -0.2) is 4.98 Å². The Kier molecular flexibility index (Phi) is 4.91. The SMILES string of the molecule is CC(=O)[C@H](O)c1cccc(-c2ccc(Oc3ccc(C)cc3)cc2)n1. The minimum absolute atomic E-state index is 0.327. The van der Waals surface area contributed by atoms with E-state index in [4.69, 9.17) is 4.74 Å². The lowest BCUT2D eigenvalue weighted by Gasteiger charge is -2.09. The maximum Gasteiger partial charge on any atom is 0.164 e. The van der Waals surface area contributed by atoms with Gasteiger partial charge in [0.1, 0.15) is 11.5 Å². The molecule has 126 valence electrons. The molecule has 0 radical (unpaired) electrons. The van der Waals surface area contributed by atoms with E-state index in [1.54, 1.807) is 12.1 Å². The Hall–Kier alpha value is -2.98. The summed E-state index contributed by atoms with van der Waals surface area (Å²) >= 11 is 0. The van der Waals surface area contributed by atoms with E-state index in [0.717, 1.165) is 17.1 Å². The number of benzene rings is 2. The maximum absolute atomic E-state index is 11.3. The Morgan fingerprint density at radius 1 is 0.960 bits per heavy atom. The molecule has 0 saturated carbocycles. The second-order valence-electron chi connectivity index (χ2n) is 5.90. The second-order valence-corrected chi connectivity index (χ2v) is 5.90. The van der Waals surface area contributed by atoms with E-state index >= 15 is 0 Å². The van der Waals surface area contributed by atoms with Gasteiger partial charge in [0.25, 0.3) is 0 Å². The van der Waals surface area contributed by atoms with Crippen molar-refractivity contribution < 1.29 is 14.6 Å². The van der Waals surface area contributed by atoms with Crippen molar-refractivity contribution in [2.75, 3.05) is 0 Å². The summed E-state index contributed by atoms with van der Waals surface area (Å²) < 4.78 is 5.81. The highest BCUT2D eigenvalue weighted by molar-refractivity contribution is 5.81. The second kappa shape index (κ2) is 7.28. The number of hydrogen-bond acceptors (Lipinski definition) is 4. The van der Waals surface area contributed by atoms with E-state index in [0.29, 0.717) is 11.4 Å². The molecule has 0 unspecified atom stereocenters. The molecular weight excluding hydrogens is 314 g/mol. The monoisotopic (exact) mass is 333 g/mol. The van der Waals surface area contributed by atoms with Crippen molar-refractivity contribution in [3.05, 3.63) is 78.0 Å². The van der Waals surface area contributed by atoms with Gasteiger partial charge in [-0.15, -0.1) is 0 Å². The molecule has 25 heavy (non-hydrogen) atoms. The van der Waals surface area contributed by atoms with E-state index in [1.807, 2.05) is 61.5 Å². The number of nitrogens with zero attached hydrogens (tertiary/aromatic N) is 1. The van der Waals surface area contributed by atoms with Crippen molar-refractivity contribution in [1.82, 2.24) is 4.98 Å². The van der Waals surface area contributed by atoms with Gasteiger partial charge in [-0.3, -0.25) is 4.79 Å². The first kappa shape index (κ1) is 16.9. The first-order valence-corrected chi connectivity index (χ1v) is 8.03. The Labute approximate surface area is 146 Å². The fourth-order valence-corrected chi connectivity index (χ4v) is 2.41. The number of aromatic nitrogens is 1. The summed E-state index contributed by atoms with van der Waals surface area (Å²) in [5.74, 6) is 1.18. The fourth-order valence-electron chi connectivity index (χ4n) is 2.41. The van der Waals surface area contributed by atoms with Crippen LogP contribution in [0.15, 0.2) is 66.7 Å². The minimum atomic E-state index is -1.19. The van der Waals surface area contributed by atoms with Crippen LogP contribution in [0.4, 0.5) is 0 Å². The average molecular weight is 333 g/mol. The number of aryl methyl sites for hydroxylation is 1.